The highest BCUT2D eigenvalue weighted by molar-refractivity contribution is 5.24. The first-order valence-electron chi connectivity index (χ1n) is 8.47. The minimum atomic E-state index is 0.173. The van der Waals surface area contributed by atoms with E-state index in [1.165, 1.54) is 30.4 Å². The van der Waals surface area contributed by atoms with E-state index in [4.69, 9.17) is 0 Å². The molecule has 0 spiro atoms. The summed E-state index contributed by atoms with van der Waals surface area (Å²) in [7, 11) is 0. The largest absolute Gasteiger partial charge is 0.308 e. The predicted octanol–water partition coefficient (Wildman–Crippen LogP) is 4.34. The van der Waals surface area contributed by atoms with Crippen LogP contribution in [0.4, 0.5) is 0 Å². The Labute approximate surface area is 130 Å². The summed E-state index contributed by atoms with van der Waals surface area (Å²) in [6, 6.07) is 10.6. The fourth-order valence-electron chi connectivity index (χ4n) is 3.26. The molecule has 1 saturated heterocycles. The number of likely N-dealkylation sites (tertiary alicyclic amines) is 1. The first-order chi connectivity index (χ1) is 9.89. The smallest absolute Gasteiger partial charge is 0.0239 e. The van der Waals surface area contributed by atoms with Gasteiger partial charge in [0.05, 0.1) is 0 Å². The fourth-order valence-corrected chi connectivity index (χ4v) is 3.26. The number of benzene rings is 1. The Morgan fingerprint density at radius 3 is 2.57 bits per heavy atom. The molecule has 0 bridgehead atoms. The first kappa shape index (κ1) is 16.5. The lowest BCUT2D eigenvalue weighted by Crippen LogP contribution is -2.35. The van der Waals surface area contributed by atoms with Gasteiger partial charge in [0, 0.05) is 30.7 Å². The van der Waals surface area contributed by atoms with Crippen LogP contribution in [0.1, 0.15) is 65.0 Å². The molecule has 1 fully saturated rings. The summed E-state index contributed by atoms with van der Waals surface area (Å²) in [6.07, 6.45) is 3.99. The second kappa shape index (κ2) is 6.93. The molecule has 1 aliphatic rings. The van der Waals surface area contributed by atoms with E-state index in [1.54, 1.807) is 0 Å². The SMILES string of the molecule is CCC1CCC(C)N1Cc1cccc(CNC(C)(C)C)c1. The molecule has 0 amide bonds. The van der Waals surface area contributed by atoms with Gasteiger partial charge < -0.3 is 5.32 Å². The number of rotatable bonds is 5. The summed E-state index contributed by atoms with van der Waals surface area (Å²) in [5.41, 5.74) is 3.02. The zero-order chi connectivity index (χ0) is 15.5. The lowest BCUT2D eigenvalue weighted by Gasteiger charge is -2.28. The van der Waals surface area contributed by atoms with Crippen molar-refractivity contribution >= 4 is 0 Å². The number of nitrogens with zero attached hydrogens (tertiary/aromatic N) is 1. The molecule has 21 heavy (non-hydrogen) atoms. The van der Waals surface area contributed by atoms with Gasteiger partial charge in [0.2, 0.25) is 0 Å². The van der Waals surface area contributed by atoms with Crippen LogP contribution in [-0.4, -0.2) is 22.5 Å². The van der Waals surface area contributed by atoms with Crippen LogP contribution >= 0.6 is 0 Å². The highest BCUT2D eigenvalue weighted by atomic mass is 15.2. The van der Waals surface area contributed by atoms with Gasteiger partial charge in [-0.25, -0.2) is 0 Å². The molecule has 2 rings (SSSR count). The Bertz CT molecular complexity index is 447. The van der Waals surface area contributed by atoms with E-state index in [0.717, 1.165) is 25.2 Å². The molecule has 1 aromatic carbocycles. The van der Waals surface area contributed by atoms with Crippen molar-refractivity contribution in [1.82, 2.24) is 10.2 Å². The molecule has 0 aliphatic carbocycles. The monoisotopic (exact) mass is 288 g/mol. The third-order valence-corrected chi connectivity index (χ3v) is 4.60. The van der Waals surface area contributed by atoms with Gasteiger partial charge in [-0.15, -0.1) is 0 Å². The van der Waals surface area contributed by atoms with Gasteiger partial charge in [-0.3, -0.25) is 4.90 Å². The van der Waals surface area contributed by atoms with Gasteiger partial charge in [0.25, 0.3) is 0 Å². The van der Waals surface area contributed by atoms with Crippen molar-refractivity contribution in [2.45, 2.75) is 84.6 Å². The average molecular weight is 288 g/mol. The summed E-state index contributed by atoms with van der Waals surface area (Å²) >= 11 is 0. The Balaban J connectivity index is 2.00. The van der Waals surface area contributed by atoms with Crippen molar-refractivity contribution in [2.75, 3.05) is 0 Å². The van der Waals surface area contributed by atoms with E-state index in [1.807, 2.05) is 0 Å². The molecule has 2 atom stereocenters. The lowest BCUT2D eigenvalue weighted by atomic mass is 10.1. The Kier molecular flexibility index (Phi) is 5.45. The molecule has 1 aromatic rings. The molecule has 1 aliphatic heterocycles. The summed E-state index contributed by atoms with van der Waals surface area (Å²) < 4.78 is 0. The van der Waals surface area contributed by atoms with Crippen molar-refractivity contribution < 1.29 is 0 Å². The Hall–Kier alpha value is -0.860. The second-order valence-electron chi connectivity index (χ2n) is 7.58. The van der Waals surface area contributed by atoms with Crippen LogP contribution in [-0.2, 0) is 13.1 Å². The maximum Gasteiger partial charge on any atom is 0.0239 e. The molecule has 2 heteroatoms. The summed E-state index contributed by atoms with van der Waals surface area (Å²) in [6.45, 7) is 13.4. The third-order valence-electron chi connectivity index (χ3n) is 4.60. The molecule has 0 saturated carbocycles. The van der Waals surface area contributed by atoms with E-state index in [0.29, 0.717) is 0 Å². The highest BCUT2D eigenvalue weighted by Crippen LogP contribution is 2.27. The van der Waals surface area contributed by atoms with Gasteiger partial charge in [-0.05, 0) is 58.1 Å². The predicted molar refractivity (Wildman–Crippen MR) is 91.4 cm³/mol. The van der Waals surface area contributed by atoms with Crippen LogP contribution in [0, 0.1) is 0 Å². The van der Waals surface area contributed by atoms with Crippen molar-refractivity contribution in [1.29, 1.82) is 0 Å². The van der Waals surface area contributed by atoms with Crippen molar-refractivity contribution in [3.63, 3.8) is 0 Å². The maximum absolute atomic E-state index is 3.57. The molecule has 118 valence electrons. The summed E-state index contributed by atoms with van der Waals surface area (Å²) in [4.78, 5) is 2.69. The van der Waals surface area contributed by atoms with Crippen LogP contribution in [0.15, 0.2) is 24.3 Å². The topological polar surface area (TPSA) is 15.3 Å². The molecule has 0 aromatic heterocycles. The van der Waals surface area contributed by atoms with Crippen molar-refractivity contribution in [3.8, 4) is 0 Å². The molecule has 2 nitrogen and oxygen atoms in total. The molecule has 1 N–H and O–H groups in total. The van der Waals surface area contributed by atoms with Gasteiger partial charge in [0.1, 0.15) is 0 Å². The van der Waals surface area contributed by atoms with E-state index < -0.39 is 0 Å². The van der Waals surface area contributed by atoms with Gasteiger partial charge >= 0.3 is 0 Å². The van der Waals surface area contributed by atoms with Gasteiger partial charge in [-0.1, -0.05) is 31.2 Å². The van der Waals surface area contributed by atoms with E-state index in [2.05, 4.69) is 69.1 Å². The van der Waals surface area contributed by atoms with Gasteiger partial charge in [-0.2, -0.15) is 0 Å². The number of hydrogen-bond donors (Lipinski definition) is 1. The lowest BCUT2D eigenvalue weighted by molar-refractivity contribution is 0.189. The minimum absolute atomic E-state index is 0.173. The zero-order valence-corrected chi connectivity index (χ0v) is 14.4. The molecule has 0 radical (unpaired) electrons. The van der Waals surface area contributed by atoms with Gasteiger partial charge in [0.15, 0.2) is 0 Å². The molecular weight excluding hydrogens is 256 g/mol. The van der Waals surface area contributed by atoms with E-state index in [-0.39, 0.29) is 5.54 Å². The normalized spacial score (nSPS) is 23.7. The van der Waals surface area contributed by atoms with Crippen molar-refractivity contribution in [3.05, 3.63) is 35.4 Å². The average Bonchev–Trinajstić information content (AvgIpc) is 2.77. The van der Waals surface area contributed by atoms with Crippen LogP contribution in [0.2, 0.25) is 0 Å². The van der Waals surface area contributed by atoms with Crippen LogP contribution in [0.5, 0.6) is 0 Å². The summed E-state index contributed by atoms with van der Waals surface area (Å²) in [5.74, 6) is 0. The third kappa shape index (κ3) is 4.82. The zero-order valence-electron chi connectivity index (χ0n) is 14.4. The fraction of sp³-hybridized carbons (Fsp3) is 0.684. The van der Waals surface area contributed by atoms with Crippen molar-refractivity contribution in [2.24, 2.45) is 0 Å². The summed E-state index contributed by atoms with van der Waals surface area (Å²) in [5, 5.41) is 3.57. The second-order valence-corrected chi connectivity index (χ2v) is 7.58. The number of nitrogens with one attached hydrogen (secondary N) is 1. The van der Waals surface area contributed by atoms with E-state index >= 15 is 0 Å². The van der Waals surface area contributed by atoms with E-state index in [9.17, 15) is 0 Å². The van der Waals surface area contributed by atoms with Crippen LogP contribution in [0.25, 0.3) is 0 Å². The standard InChI is InChI=1S/C19H32N2/c1-6-18-11-10-15(2)21(18)14-17-9-7-8-16(12-17)13-20-19(3,4)5/h7-9,12,15,18,20H,6,10-11,13-14H2,1-5H3. The quantitative estimate of drug-likeness (QED) is 0.867. The molecule has 1 heterocycles. The molecule has 2 unspecified atom stereocenters. The van der Waals surface area contributed by atoms with Crippen LogP contribution < -0.4 is 5.32 Å². The Morgan fingerprint density at radius 2 is 1.90 bits per heavy atom. The maximum atomic E-state index is 3.57. The minimum Gasteiger partial charge on any atom is -0.308 e. The molecular formula is C19H32N2. The first-order valence-corrected chi connectivity index (χ1v) is 8.47. The number of hydrogen-bond acceptors (Lipinski definition) is 2. The Morgan fingerprint density at radius 1 is 1.19 bits per heavy atom. The highest BCUT2D eigenvalue weighted by Gasteiger charge is 2.28. The van der Waals surface area contributed by atoms with Crippen LogP contribution in [0.3, 0.4) is 0 Å².